The topological polar surface area (TPSA) is 16.4 Å². The summed E-state index contributed by atoms with van der Waals surface area (Å²) in [5.74, 6) is 0. The van der Waals surface area contributed by atoms with Gasteiger partial charge in [-0.25, -0.2) is 0 Å². The van der Waals surface area contributed by atoms with Crippen LogP contribution in [0.2, 0.25) is 0 Å². The molecule has 0 unspecified atom stereocenters. The Bertz CT molecular complexity index is 3110. The number of allylic oxidation sites excluding steroid dienone is 7. The van der Waals surface area contributed by atoms with Crippen molar-refractivity contribution in [3.05, 3.63) is 223 Å². The van der Waals surface area contributed by atoms with Gasteiger partial charge >= 0.3 is 0 Å². The minimum Gasteiger partial charge on any atom is -0.455 e. The Balaban J connectivity index is 1.17. The summed E-state index contributed by atoms with van der Waals surface area (Å²) >= 11 is 0. The van der Waals surface area contributed by atoms with E-state index < -0.39 is 0 Å². The van der Waals surface area contributed by atoms with Crippen LogP contribution in [0.1, 0.15) is 48.9 Å². The largest absolute Gasteiger partial charge is 0.455 e. The second-order valence-electron chi connectivity index (χ2n) is 16.0. The number of nitrogens with zero attached hydrogens (tertiary/aromatic N) is 1. The Morgan fingerprint density at radius 3 is 2.10 bits per heavy atom. The minimum atomic E-state index is -0.0616. The summed E-state index contributed by atoms with van der Waals surface area (Å²) in [4.78, 5) is 2.50. The van der Waals surface area contributed by atoms with Crippen LogP contribution in [0.25, 0.3) is 72.7 Å². The van der Waals surface area contributed by atoms with E-state index in [-0.39, 0.29) is 5.41 Å². The Morgan fingerprint density at radius 2 is 1.27 bits per heavy atom. The molecule has 1 aromatic heterocycles. The molecule has 0 N–H and O–H groups in total. The highest BCUT2D eigenvalue weighted by atomic mass is 16.3. The van der Waals surface area contributed by atoms with Crippen molar-refractivity contribution in [3.8, 4) is 22.3 Å². The number of para-hydroxylation sites is 2. The maximum atomic E-state index is 6.95. The summed E-state index contributed by atoms with van der Waals surface area (Å²) < 4.78 is 6.95. The summed E-state index contributed by atoms with van der Waals surface area (Å²) in [6.07, 6.45) is 16.3. The highest BCUT2D eigenvalue weighted by Gasteiger charge is 2.41. The number of benzene rings is 7. The van der Waals surface area contributed by atoms with E-state index >= 15 is 0 Å². The molecule has 2 aliphatic rings. The van der Waals surface area contributed by atoms with Gasteiger partial charge in [-0.15, -0.1) is 0 Å². The van der Waals surface area contributed by atoms with Crippen LogP contribution in [0.3, 0.4) is 0 Å². The van der Waals surface area contributed by atoms with E-state index in [0.29, 0.717) is 0 Å². The van der Waals surface area contributed by atoms with Crippen molar-refractivity contribution in [1.82, 2.24) is 0 Å². The number of fused-ring (bicyclic) bond motifs is 7. The van der Waals surface area contributed by atoms with Gasteiger partial charge in [0.25, 0.3) is 0 Å². The van der Waals surface area contributed by atoms with Gasteiger partial charge < -0.3 is 9.32 Å². The summed E-state index contributed by atoms with van der Waals surface area (Å²) in [6.45, 7) is 12.6. The van der Waals surface area contributed by atoms with Gasteiger partial charge in [-0.05, 0) is 87.5 Å². The van der Waals surface area contributed by atoms with Crippen molar-refractivity contribution in [3.63, 3.8) is 0 Å². The van der Waals surface area contributed by atoms with Crippen molar-refractivity contribution in [1.29, 1.82) is 0 Å². The fourth-order valence-corrected chi connectivity index (χ4v) is 9.51. The summed E-state index contributed by atoms with van der Waals surface area (Å²) in [5.41, 5.74) is 17.5. The lowest BCUT2D eigenvalue weighted by atomic mass is 9.78. The van der Waals surface area contributed by atoms with E-state index in [2.05, 4.69) is 196 Å². The van der Waals surface area contributed by atoms with Gasteiger partial charge in [0.1, 0.15) is 11.2 Å². The quantitative estimate of drug-likeness (QED) is 0.136. The van der Waals surface area contributed by atoms with Gasteiger partial charge in [0.05, 0.1) is 11.4 Å². The lowest BCUT2D eigenvalue weighted by Gasteiger charge is -2.34. The summed E-state index contributed by atoms with van der Waals surface area (Å²) in [6, 6.07) is 53.0. The first-order chi connectivity index (χ1) is 29.0. The van der Waals surface area contributed by atoms with Gasteiger partial charge in [-0.2, -0.15) is 0 Å². The van der Waals surface area contributed by atoms with Crippen LogP contribution in [0.15, 0.2) is 205 Å². The van der Waals surface area contributed by atoms with Crippen LogP contribution in [-0.2, 0) is 5.41 Å². The van der Waals surface area contributed by atoms with Crippen LogP contribution >= 0.6 is 0 Å². The molecule has 10 rings (SSSR count). The zero-order chi connectivity index (χ0) is 40.1. The second-order valence-corrected chi connectivity index (χ2v) is 16.0. The fourth-order valence-electron chi connectivity index (χ4n) is 9.51. The third-order valence-corrected chi connectivity index (χ3v) is 12.3. The number of furan rings is 1. The molecular weight excluding hydrogens is 715 g/mol. The maximum absolute atomic E-state index is 6.95. The molecule has 2 aliphatic carbocycles. The van der Waals surface area contributed by atoms with Crippen molar-refractivity contribution >= 4 is 61.8 Å². The molecule has 59 heavy (non-hydrogen) atoms. The normalized spacial score (nSPS) is 14.6. The summed E-state index contributed by atoms with van der Waals surface area (Å²) in [7, 11) is 0. The fraction of sp³-hybridized carbons (Fsp3) is 0.0877. The highest BCUT2D eigenvalue weighted by molar-refractivity contribution is 6.17. The molecule has 0 amide bonds. The lowest BCUT2D eigenvalue weighted by Crippen LogP contribution is -2.22. The van der Waals surface area contributed by atoms with Crippen LogP contribution in [0.4, 0.5) is 11.4 Å². The predicted octanol–water partition coefficient (Wildman–Crippen LogP) is 16.0. The third-order valence-electron chi connectivity index (χ3n) is 12.3. The Hall–Kier alpha value is -7.16. The van der Waals surface area contributed by atoms with Gasteiger partial charge in [-0.1, -0.05) is 185 Å². The molecule has 1 heterocycles. The van der Waals surface area contributed by atoms with E-state index in [1.54, 1.807) is 0 Å². The monoisotopic (exact) mass is 759 g/mol. The lowest BCUT2D eigenvalue weighted by molar-refractivity contribution is 0.606. The third kappa shape index (κ3) is 6.03. The van der Waals surface area contributed by atoms with E-state index in [0.717, 1.165) is 84.9 Å². The molecule has 0 saturated carbocycles. The van der Waals surface area contributed by atoms with Gasteiger partial charge in [-0.3, -0.25) is 0 Å². The Labute approximate surface area is 346 Å². The summed E-state index contributed by atoms with van der Waals surface area (Å²) in [5, 5.41) is 4.56. The molecule has 284 valence electrons. The molecule has 0 atom stereocenters. The molecule has 0 fully saturated rings. The highest BCUT2D eigenvalue weighted by Crippen LogP contribution is 2.55. The number of hydrogen-bond acceptors (Lipinski definition) is 2. The zero-order valence-electron chi connectivity index (χ0n) is 33.6. The molecule has 7 aromatic carbocycles. The number of rotatable bonds is 9. The average molecular weight is 760 g/mol. The predicted molar refractivity (Wildman–Crippen MR) is 253 cm³/mol. The molecule has 2 heteroatoms. The molecule has 0 aliphatic heterocycles. The smallest absolute Gasteiger partial charge is 0.143 e. The number of hydrogen-bond donors (Lipinski definition) is 0. The first-order valence-corrected chi connectivity index (χ1v) is 20.6. The molecule has 8 aromatic rings. The van der Waals surface area contributed by atoms with Crippen molar-refractivity contribution in [2.45, 2.75) is 32.1 Å². The average Bonchev–Trinajstić information content (AvgIpc) is 3.78. The molecule has 2 nitrogen and oxygen atoms in total. The molecule has 0 radical (unpaired) electrons. The van der Waals surface area contributed by atoms with Crippen molar-refractivity contribution in [2.75, 3.05) is 4.90 Å². The second kappa shape index (κ2) is 14.7. The SMILES string of the molecule is C=C/C=C\c1ccc(-c2ccc(N(C3=CCCC4=C3c3ccccc3C4(C)C)c3ccccc3-c3cccc4c3oc3c5ccccc5ccc43)cc2)cc1/C=C\C=C. The van der Waals surface area contributed by atoms with Crippen LogP contribution in [0, 0.1) is 0 Å². The van der Waals surface area contributed by atoms with Crippen molar-refractivity contribution < 1.29 is 4.42 Å². The molecule has 0 spiro atoms. The Kier molecular flexibility index (Phi) is 8.99. The first kappa shape index (κ1) is 36.2. The van der Waals surface area contributed by atoms with E-state index in [1.807, 2.05) is 24.3 Å². The Morgan fingerprint density at radius 1 is 0.593 bits per heavy atom. The van der Waals surface area contributed by atoms with Crippen LogP contribution < -0.4 is 4.90 Å². The molecular formula is C57H45NO. The van der Waals surface area contributed by atoms with Crippen LogP contribution in [-0.4, -0.2) is 0 Å². The number of anilines is 2. The van der Waals surface area contributed by atoms with Crippen LogP contribution in [0.5, 0.6) is 0 Å². The zero-order valence-corrected chi connectivity index (χ0v) is 33.6. The molecule has 0 saturated heterocycles. The van der Waals surface area contributed by atoms with Gasteiger partial charge in [0.2, 0.25) is 0 Å². The van der Waals surface area contributed by atoms with Gasteiger partial charge in [0.15, 0.2) is 0 Å². The standard InChI is InChI=1S/C57H45NO/c1-5-7-17-38-29-30-42(37-41(38)18-8-6-2)39-31-34-43(35-32-39)58(53-28-16-26-51-54(53)49-22-11-13-25-50(49)57(51,3)4)52-27-14-12-21-45(52)46-23-15-24-47-48-36-33-40-19-9-10-20-44(40)55(48)59-56(46)47/h5-15,17-25,27-37H,1-2,16,26H2,3-4H3/b17-7-,18-8-. The van der Waals surface area contributed by atoms with E-state index in [1.165, 1.54) is 33.4 Å². The first-order valence-electron chi connectivity index (χ1n) is 20.6. The van der Waals surface area contributed by atoms with Crippen molar-refractivity contribution in [2.24, 2.45) is 0 Å². The van der Waals surface area contributed by atoms with Gasteiger partial charge in [0, 0.05) is 44.0 Å². The maximum Gasteiger partial charge on any atom is 0.143 e. The molecule has 0 bridgehead atoms. The minimum absolute atomic E-state index is 0.0616. The van der Waals surface area contributed by atoms with E-state index in [4.69, 9.17) is 4.42 Å². The van der Waals surface area contributed by atoms with E-state index in [9.17, 15) is 0 Å².